The number of ether oxygens (including phenoxy) is 2. The van der Waals surface area contributed by atoms with Gasteiger partial charge in [-0.1, -0.05) is 19.4 Å². The molecule has 0 aromatic heterocycles. The third-order valence-electron chi connectivity index (χ3n) is 3.53. The molecule has 3 N–H and O–H groups in total. The summed E-state index contributed by atoms with van der Waals surface area (Å²) in [6.45, 7) is 5.95. The molecule has 0 saturated heterocycles. The van der Waals surface area contributed by atoms with E-state index < -0.39 is 5.54 Å². The lowest BCUT2D eigenvalue weighted by atomic mass is 9.95. The second kappa shape index (κ2) is 7.00. The second-order valence-electron chi connectivity index (χ2n) is 5.48. The van der Waals surface area contributed by atoms with Crippen molar-refractivity contribution in [2.75, 3.05) is 6.79 Å². The van der Waals surface area contributed by atoms with Crippen LogP contribution in [0.25, 0.3) is 0 Å². The van der Waals surface area contributed by atoms with E-state index in [0.29, 0.717) is 12.2 Å². The maximum absolute atomic E-state index is 12.2. The summed E-state index contributed by atoms with van der Waals surface area (Å²) in [7, 11) is 0. The summed E-state index contributed by atoms with van der Waals surface area (Å²) in [6.07, 6.45) is 1.53. The molecule has 0 aliphatic carbocycles. The van der Waals surface area contributed by atoms with Crippen molar-refractivity contribution in [2.45, 2.75) is 45.2 Å². The van der Waals surface area contributed by atoms with E-state index in [1.165, 1.54) is 0 Å². The monoisotopic (exact) mass is 314 g/mol. The lowest BCUT2D eigenvalue weighted by Crippen LogP contribution is -2.52. The summed E-state index contributed by atoms with van der Waals surface area (Å²) < 4.78 is 10.6. The molecule has 1 amide bonds. The van der Waals surface area contributed by atoms with Gasteiger partial charge in [0.15, 0.2) is 11.5 Å². The van der Waals surface area contributed by atoms with Gasteiger partial charge in [-0.25, -0.2) is 0 Å². The Morgan fingerprint density at radius 1 is 1.43 bits per heavy atom. The van der Waals surface area contributed by atoms with E-state index in [1.807, 2.05) is 32.0 Å². The maximum atomic E-state index is 12.2. The Morgan fingerprint density at radius 3 is 2.76 bits per heavy atom. The van der Waals surface area contributed by atoms with Gasteiger partial charge in [-0.3, -0.25) is 4.79 Å². The molecule has 1 aliphatic rings. The molecule has 0 radical (unpaired) electrons. The van der Waals surface area contributed by atoms with Gasteiger partial charge in [0.2, 0.25) is 12.7 Å². The van der Waals surface area contributed by atoms with E-state index in [-0.39, 0.29) is 31.1 Å². The summed E-state index contributed by atoms with van der Waals surface area (Å²) in [5, 5.41) is 2.95. The Kier molecular flexibility index (Phi) is 5.87. The van der Waals surface area contributed by atoms with Crippen LogP contribution in [0.15, 0.2) is 18.2 Å². The van der Waals surface area contributed by atoms with Crippen molar-refractivity contribution >= 4 is 18.3 Å². The molecule has 2 unspecified atom stereocenters. The van der Waals surface area contributed by atoms with Crippen molar-refractivity contribution < 1.29 is 14.3 Å². The van der Waals surface area contributed by atoms with Crippen molar-refractivity contribution in [1.29, 1.82) is 0 Å². The fourth-order valence-corrected chi connectivity index (χ4v) is 2.26. The van der Waals surface area contributed by atoms with Crippen molar-refractivity contribution in [3.8, 4) is 11.5 Å². The number of rotatable bonds is 5. The smallest absolute Gasteiger partial charge is 0.240 e. The van der Waals surface area contributed by atoms with E-state index >= 15 is 0 Å². The van der Waals surface area contributed by atoms with Gasteiger partial charge in [-0.15, -0.1) is 12.4 Å². The van der Waals surface area contributed by atoms with Crippen molar-refractivity contribution in [3.05, 3.63) is 23.8 Å². The molecule has 1 aliphatic heterocycles. The Bertz CT molecular complexity index is 506. The number of hydrogen-bond acceptors (Lipinski definition) is 4. The molecular weight excluding hydrogens is 292 g/mol. The van der Waals surface area contributed by atoms with Crippen LogP contribution in [0.1, 0.15) is 45.2 Å². The Hall–Kier alpha value is -1.46. The number of carbonyl (C=O) groups is 1. The van der Waals surface area contributed by atoms with E-state index in [0.717, 1.165) is 17.7 Å². The van der Waals surface area contributed by atoms with Crippen LogP contribution in [0.5, 0.6) is 11.5 Å². The van der Waals surface area contributed by atoms with E-state index in [1.54, 1.807) is 6.92 Å². The van der Waals surface area contributed by atoms with Gasteiger partial charge in [0.05, 0.1) is 11.6 Å². The highest BCUT2D eigenvalue weighted by Crippen LogP contribution is 2.34. The van der Waals surface area contributed by atoms with Gasteiger partial charge in [0, 0.05) is 0 Å². The number of amides is 1. The molecule has 0 fully saturated rings. The molecule has 0 spiro atoms. The minimum atomic E-state index is -0.834. The number of nitrogens with two attached hydrogens (primary N) is 1. The summed E-state index contributed by atoms with van der Waals surface area (Å²) in [4.78, 5) is 12.2. The number of nitrogens with one attached hydrogen (secondary N) is 1. The maximum Gasteiger partial charge on any atom is 0.240 e. The molecule has 118 valence electrons. The summed E-state index contributed by atoms with van der Waals surface area (Å²) in [6, 6.07) is 5.54. The minimum Gasteiger partial charge on any atom is -0.454 e. The van der Waals surface area contributed by atoms with Crippen molar-refractivity contribution in [2.24, 2.45) is 5.73 Å². The molecule has 1 heterocycles. The summed E-state index contributed by atoms with van der Waals surface area (Å²) >= 11 is 0. The average Bonchev–Trinajstić information content (AvgIpc) is 2.85. The largest absolute Gasteiger partial charge is 0.454 e. The van der Waals surface area contributed by atoms with E-state index in [4.69, 9.17) is 15.2 Å². The highest BCUT2D eigenvalue weighted by molar-refractivity contribution is 5.86. The fourth-order valence-electron chi connectivity index (χ4n) is 2.26. The molecular formula is C15H23ClN2O3. The van der Waals surface area contributed by atoms with Crippen LogP contribution in [0.4, 0.5) is 0 Å². The first-order valence-corrected chi connectivity index (χ1v) is 6.93. The molecule has 1 aromatic carbocycles. The van der Waals surface area contributed by atoms with Crippen LogP contribution in [-0.4, -0.2) is 18.2 Å². The van der Waals surface area contributed by atoms with Crippen LogP contribution < -0.4 is 20.5 Å². The Labute approximate surface area is 131 Å². The highest BCUT2D eigenvalue weighted by atomic mass is 35.5. The molecule has 5 nitrogen and oxygen atoms in total. The van der Waals surface area contributed by atoms with E-state index in [2.05, 4.69) is 5.32 Å². The van der Waals surface area contributed by atoms with Gasteiger partial charge in [-0.2, -0.15) is 0 Å². The van der Waals surface area contributed by atoms with Crippen LogP contribution in [-0.2, 0) is 4.79 Å². The number of halogens is 1. The Morgan fingerprint density at radius 2 is 2.10 bits per heavy atom. The fraction of sp³-hybridized carbons (Fsp3) is 0.533. The van der Waals surface area contributed by atoms with Gasteiger partial charge >= 0.3 is 0 Å². The SMILES string of the molecule is CCCC(C)(N)C(=O)NC(C)c1ccc2c(c1)OCO2.Cl. The lowest BCUT2D eigenvalue weighted by Gasteiger charge is -2.25. The zero-order chi connectivity index (χ0) is 14.8. The summed E-state index contributed by atoms with van der Waals surface area (Å²) in [5.41, 5.74) is 6.16. The van der Waals surface area contributed by atoms with E-state index in [9.17, 15) is 4.79 Å². The third-order valence-corrected chi connectivity index (χ3v) is 3.53. The second-order valence-corrected chi connectivity index (χ2v) is 5.48. The molecule has 1 aromatic rings. The minimum absolute atomic E-state index is 0. The average molecular weight is 315 g/mol. The zero-order valence-corrected chi connectivity index (χ0v) is 13.5. The quantitative estimate of drug-likeness (QED) is 0.876. The van der Waals surface area contributed by atoms with Crippen LogP contribution in [0.3, 0.4) is 0 Å². The molecule has 2 rings (SSSR count). The number of hydrogen-bond donors (Lipinski definition) is 2. The highest BCUT2D eigenvalue weighted by Gasteiger charge is 2.28. The zero-order valence-electron chi connectivity index (χ0n) is 12.6. The topological polar surface area (TPSA) is 73.6 Å². The molecule has 6 heteroatoms. The number of carbonyl (C=O) groups excluding carboxylic acids is 1. The van der Waals surface area contributed by atoms with Gasteiger partial charge in [-0.05, 0) is 38.0 Å². The molecule has 0 bridgehead atoms. The first kappa shape index (κ1) is 17.6. The molecule has 0 saturated carbocycles. The van der Waals surface area contributed by atoms with Crippen LogP contribution >= 0.6 is 12.4 Å². The molecule has 21 heavy (non-hydrogen) atoms. The van der Waals surface area contributed by atoms with Crippen molar-refractivity contribution in [1.82, 2.24) is 5.32 Å². The first-order chi connectivity index (χ1) is 9.44. The van der Waals surface area contributed by atoms with Gasteiger partial charge < -0.3 is 20.5 Å². The van der Waals surface area contributed by atoms with Crippen LogP contribution in [0.2, 0.25) is 0 Å². The Balaban J connectivity index is 0.00000220. The number of fused-ring (bicyclic) bond motifs is 1. The van der Waals surface area contributed by atoms with Crippen LogP contribution in [0, 0.1) is 0 Å². The molecule has 2 atom stereocenters. The van der Waals surface area contributed by atoms with Gasteiger partial charge in [0.1, 0.15) is 0 Å². The predicted octanol–water partition coefficient (Wildman–Crippen LogP) is 2.53. The first-order valence-electron chi connectivity index (χ1n) is 6.93. The van der Waals surface area contributed by atoms with Crippen molar-refractivity contribution in [3.63, 3.8) is 0 Å². The standard InChI is InChI=1S/C15H22N2O3.ClH/c1-4-7-15(3,16)14(18)17-10(2)11-5-6-12-13(8-11)20-9-19-12;/h5-6,8,10H,4,7,9,16H2,1-3H3,(H,17,18);1H. The summed E-state index contributed by atoms with van der Waals surface area (Å²) in [5.74, 6) is 1.32. The predicted molar refractivity (Wildman–Crippen MR) is 83.9 cm³/mol. The lowest BCUT2D eigenvalue weighted by molar-refractivity contribution is -0.126. The number of benzene rings is 1. The van der Waals surface area contributed by atoms with Gasteiger partial charge in [0.25, 0.3) is 0 Å². The normalized spacial score (nSPS) is 16.6. The third kappa shape index (κ3) is 4.02.